The molecule has 2 aromatic carbocycles. The van der Waals surface area contributed by atoms with Gasteiger partial charge < -0.3 is 9.80 Å². The average molecular weight is 410 g/mol. The highest BCUT2D eigenvalue weighted by molar-refractivity contribution is 5.94. The maximum absolute atomic E-state index is 14.6. The first-order chi connectivity index (χ1) is 14.5. The highest BCUT2D eigenvalue weighted by atomic mass is 19.1. The summed E-state index contributed by atoms with van der Waals surface area (Å²) < 4.78 is 14.6. The number of carbonyl (C=O) groups excluding carboxylic acids is 2. The summed E-state index contributed by atoms with van der Waals surface area (Å²) in [5.74, 6) is -0.343. The fourth-order valence-corrected chi connectivity index (χ4v) is 4.46. The van der Waals surface area contributed by atoms with Gasteiger partial charge in [0.1, 0.15) is 11.9 Å². The normalized spacial score (nSPS) is 18.5. The number of rotatable bonds is 5. The summed E-state index contributed by atoms with van der Waals surface area (Å²) in [7, 11) is 0. The first kappa shape index (κ1) is 20.5. The van der Waals surface area contributed by atoms with Crippen LogP contribution in [0.4, 0.5) is 10.1 Å². The third-order valence-electron chi connectivity index (χ3n) is 6.14. The minimum atomic E-state index is -0.371. The Morgan fingerprint density at radius 1 is 0.900 bits per heavy atom. The summed E-state index contributed by atoms with van der Waals surface area (Å²) in [5, 5.41) is 0. The van der Waals surface area contributed by atoms with Crippen molar-refractivity contribution in [2.24, 2.45) is 0 Å². The summed E-state index contributed by atoms with van der Waals surface area (Å²) in [6.07, 6.45) is 2.13. The van der Waals surface area contributed by atoms with E-state index in [-0.39, 0.29) is 23.5 Å². The summed E-state index contributed by atoms with van der Waals surface area (Å²) >= 11 is 0. The number of benzene rings is 2. The predicted molar refractivity (Wildman–Crippen MR) is 115 cm³/mol. The number of piperazine rings is 1. The van der Waals surface area contributed by atoms with Crippen LogP contribution < -0.4 is 4.90 Å². The average Bonchev–Trinajstić information content (AvgIpc) is 3.30. The molecule has 0 bridgehead atoms. The van der Waals surface area contributed by atoms with Gasteiger partial charge in [-0.25, -0.2) is 4.39 Å². The smallest absolute Gasteiger partial charge is 0.244 e. The SMILES string of the molecule is CC(=O)c1ccc(N2CCN([C@H](C(=O)N3CCCC3)c3ccccc3)CC2)c(F)c1. The third kappa shape index (κ3) is 4.24. The van der Waals surface area contributed by atoms with Gasteiger partial charge in [0.15, 0.2) is 5.78 Å². The Morgan fingerprint density at radius 3 is 2.17 bits per heavy atom. The van der Waals surface area contributed by atoms with E-state index in [0.29, 0.717) is 37.4 Å². The van der Waals surface area contributed by atoms with Crippen LogP contribution in [-0.2, 0) is 4.79 Å². The molecule has 0 radical (unpaired) electrons. The molecule has 30 heavy (non-hydrogen) atoms. The number of Topliss-reactive ketones (excluding diaryl/α,β-unsaturated/α-hetero) is 1. The van der Waals surface area contributed by atoms with Crippen molar-refractivity contribution in [1.82, 2.24) is 9.80 Å². The lowest BCUT2D eigenvalue weighted by atomic mass is 10.0. The van der Waals surface area contributed by atoms with Gasteiger partial charge in [0.05, 0.1) is 5.69 Å². The van der Waals surface area contributed by atoms with Crippen molar-refractivity contribution in [3.8, 4) is 0 Å². The molecule has 0 aromatic heterocycles. The van der Waals surface area contributed by atoms with Crippen LogP contribution in [0.2, 0.25) is 0 Å². The second-order valence-corrected chi connectivity index (χ2v) is 8.09. The number of hydrogen-bond donors (Lipinski definition) is 0. The molecule has 4 rings (SSSR count). The Morgan fingerprint density at radius 2 is 1.57 bits per heavy atom. The van der Waals surface area contributed by atoms with E-state index in [9.17, 15) is 14.0 Å². The summed E-state index contributed by atoms with van der Waals surface area (Å²) in [6.45, 7) is 5.71. The molecule has 0 N–H and O–H groups in total. The molecule has 0 unspecified atom stereocenters. The molecule has 2 fully saturated rings. The Labute approximate surface area is 177 Å². The van der Waals surface area contributed by atoms with Crippen molar-refractivity contribution in [2.45, 2.75) is 25.8 Å². The summed E-state index contributed by atoms with van der Waals surface area (Å²) in [6, 6.07) is 14.3. The summed E-state index contributed by atoms with van der Waals surface area (Å²) in [4.78, 5) is 31.0. The fourth-order valence-electron chi connectivity index (χ4n) is 4.46. The van der Waals surface area contributed by atoms with Gasteiger partial charge in [0.25, 0.3) is 0 Å². The van der Waals surface area contributed by atoms with E-state index < -0.39 is 0 Å². The van der Waals surface area contributed by atoms with Gasteiger partial charge in [0, 0.05) is 44.8 Å². The van der Waals surface area contributed by atoms with E-state index >= 15 is 0 Å². The molecular weight excluding hydrogens is 381 g/mol. The number of likely N-dealkylation sites (tertiary alicyclic amines) is 1. The van der Waals surface area contributed by atoms with Crippen LogP contribution in [0, 0.1) is 5.82 Å². The van der Waals surface area contributed by atoms with Crippen molar-refractivity contribution in [3.05, 3.63) is 65.5 Å². The Hall–Kier alpha value is -2.73. The van der Waals surface area contributed by atoms with Crippen LogP contribution in [0.1, 0.15) is 41.7 Å². The monoisotopic (exact) mass is 409 g/mol. The highest BCUT2D eigenvalue weighted by Gasteiger charge is 2.34. The maximum atomic E-state index is 14.6. The Balaban J connectivity index is 1.50. The van der Waals surface area contributed by atoms with Crippen LogP contribution in [-0.4, -0.2) is 60.8 Å². The van der Waals surface area contributed by atoms with Crippen LogP contribution in [0.3, 0.4) is 0 Å². The lowest BCUT2D eigenvalue weighted by Gasteiger charge is -2.40. The van der Waals surface area contributed by atoms with E-state index in [1.54, 1.807) is 12.1 Å². The molecule has 5 nitrogen and oxygen atoms in total. The van der Waals surface area contributed by atoms with Crippen molar-refractivity contribution in [3.63, 3.8) is 0 Å². The molecule has 0 aliphatic carbocycles. The van der Waals surface area contributed by atoms with Gasteiger partial charge in [-0.3, -0.25) is 14.5 Å². The fraction of sp³-hybridized carbons (Fsp3) is 0.417. The second kappa shape index (κ2) is 8.96. The number of amides is 1. The number of anilines is 1. The zero-order valence-corrected chi connectivity index (χ0v) is 17.4. The predicted octanol–water partition coefficient (Wildman–Crippen LogP) is 3.51. The standard InChI is InChI=1S/C24H28FN3O2/c1-18(29)20-9-10-22(21(25)17-20)26-13-15-27(16-14-26)23(19-7-3-2-4-8-19)24(30)28-11-5-6-12-28/h2-4,7-10,17,23H,5-6,11-16H2,1H3/t23-/m0/s1. The van der Waals surface area contributed by atoms with Crippen molar-refractivity contribution in [1.29, 1.82) is 0 Å². The highest BCUT2D eigenvalue weighted by Crippen LogP contribution is 2.28. The molecule has 2 aromatic rings. The second-order valence-electron chi connectivity index (χ2n) is 8.09. The zero-order chi connectivity index (χ0) is 21.1. The molecule has 1 atom stereocenters. The van der Waals surface area contributed by atoms with Crippen LogP contribution in [0.25, 0.3) is 0 Å². The lowest BCUT2D eigenvalue weighted by Crippen LogP contribution is -2.51. The number of hydrogen-bond acceptors (Lipinski definition) is 4. The molecule has 1 amide bonds. The number of halogens is 1. The molecule has 158 valence electrons. The number of ketones is 1. The molecule has 6 heteroatoms. The van der Waals surface area contributed by atoms with E-state index in [4.69, 9.17) is 0 Å². The maximum Gasteiger partial charge on any atom is 0.244 e. The van der Waals surface area contributed by atoms with Gasteiger partial charge in [0.2, 0.25) is 5.91 Å². The lowest BCUT2D eigenvalue weighted by molar-refractivity contribution is -0.136. The first-order valence-electron chi connectivity index (χ1n) is 10.7. The third-order valence-corrected chi connectivity index (χ3v) is 6.14. The van der Waals surface area contributed by atoms with Gasteiger partial charge >= 0.3 is 0 Å². The largest absolute Gasteiger partial charge is 0.367 e. The molecule has 2 heterocycles. The molecular formula is C24H28FN3O2. The quantitative estimate of drug-likeness (QED) is 0.709. The Bertz CT molecular complexity index is 904. The van der Waals surface area contributed by atoms with E-state index in [2.05, 4.69) is 4.90 Å². The van der Waals surface area contributed by atoms with Gasteiger partial charge in [-0.15, -0.1) is 0 Å². The van der Waals surface area contributed by atoms with E-state index in [0.717, 1.165) is 31.5 Å². The molecule has 0 saturated carbocycles. The Kier molecular flexibility index (Phi) is 6.13. The topological polar surface area (TPSA) is 43.9 Å². The van der Waals surface area contributed by atoms with Crippen molar-refractivity contribution in [2.75, 3.05) is 44.2 Å². The summed E-state index contributed by atoms with van der Waals surface area (Å²) in [5.41, 5.74) is 1.91. The van der Waals surface area contributed by atoms with E-state index in [1.165, 1.54) is 13.0 Å². The van der Waals surface area contributed by atoms with Gasteiger partial charge in [-0.1, -0.05) is 30.3 Å². The number of carbonyl (C=O) groups is 2. The van der Waals surface area contributed by atoms with Gasteiger partial charge in [-0.05, 0) is 43.5 Å². The molecule has 2 saturated heterocycles. The first-order valence-corrected chi connectivity index (χ1v) is 10.7. The van der Waals surface area contributed by atoms with Crippen LogP contribution in [0.5, 0.6) is 0 Å². The van der Waals surface area contributed by atoms with E-state index in [1.807, 2.05) is 40.1 Å². The minimum absolute atomic E-state index is 0.142. The van der Waals surface area contributed by atoms with Crippen molar-refractivity contribution >= 4 is 17.4 Å². The van der Waals surface area contributed by atoms with Crippen molar-refractivity contribution < 1.29 is 14.0 Å². The molecule has 2 aliphatic rings. The molecule has 0 spiro atoms. The zero-order valence-electron chi connectivity index (χ0n) is 17.4. The molecule has 2 aliphatic heterocycles. The number of nitrogens with zero attached hydrogens (tertiary/aromatic N) is 3. The minimum Gasteiger partial charge on any atom is -0.367 e. The van der Waals surface area contributed by atoms with Gasteiger partial charge in [-0.2, -0.15) is 0 Å². The van der Waals surface area contributed by atoms with Crippen LogP contribution >= 0.6 is 0 Å². The van der Waals surface area contributed by atoms with Crippen LogP contribution in [0.15, 0.2) is 48.5 Å².